The lowest BCUT2D eigenvalue weighted by molar-refractivity contribution is 0.142. The van der Waals surface area contributed by atoms with Gasteiger partial charge in [0.15, 0.2) is 0 Å². The zero-order valence-corrected chi connectivity index (χ0v) is 19.4. The van der Waals surface area contributed by atoms with Crippen LogP contribution in [0.3, 0.4) is 0 Å². The second-order valence-electron chi connectivity index (χ2n) is 8.21. The molecule has 3 aromatic carbocycles. The number of halogens is 1. The van der Waals surface area contributed by atoms with Crippen LogP contribution >= 0.6 is 0 Å². The van der Waals surface area contributed by atoms with E-state index in [-0.39, 0.29) is 35.9 Å². The number of benzene rings is 3. The van der Waals surface area contributed by atoms with E-state index in [4.69, 9.17) is 10.5 Å². The van der Waals surface area contributed by atoms with Gasteiger partial charge in [-0.1, -0.05) is 48.5 Å². The molecule has 4 rings (SSSR count). The molecule has 0 atom stereocenters. The number of nitrogens with two attached hydrogens (primary N) is 1. The summed E-state index contributed by atoms with van der Waals surface area (Å²) in [5.41, 5.74) is 12.1. The fourth-order valence-electron chi connectivity index (χ4n) is 4.71. The van der Waals surface area contributed by atoms with Gasteiger partial charge in [-0.2, -0.15) is 8.42 Å². The third-order valence-corrected chi connectivity index (χ3v) is 7.49. The van der Waals surface area contributed by atoms with Gasteiger partial charge in [0.1, 0.15) is 11.5 Å². The average Bonchev–Trinajstić information content (AvgIpc) is 3.09. The number of alkyl carbamates (subject to hydrolysis) is 1. The highest BCUT2D eigenvalue weighted by molar-refractivity contribution is 7.86. The summed E-state index contributed by atoms with van der Waals surface area (Å²) in [7, 11) is -4.97. The molecular weight excluding hydrogens is 443 g/mol. The first-order chi connectivity index (χ1) is 15.6. The first-order valence-electron chi connectivity index (χ1n) is 10.5. The van der Waals surface area contributed by atoms with Crippen molar-refractivity contribution in [2.75, 3.05) is 12.3 Å². The van der Waals surface area contributed by atoms with Gasteiger partial charge in [0, 0.05) is 18.2 Å². The van der Waals surface area contributed by atoms with Crippen molar-refractivity contribution < 1.29 is 21.8 Å². The van der Waals surface area contributed by atoms with Gasteiger partial charge in [-0.3, -0.25) is 0 Å². The molecule has 0 radical (unpaired) electrons. The molecule has 6 nitrogen and oxygen atoms in total. The molecule has 0 saturated heterocycles. The SMILES string of the molecule is Cc1c(N)c(C)c(S(=O)(=O)F)c(C)c1CNC(=O)OCC1c2ccccc2-c2ccccc21. The monoisotopic (exact) mass is 468 g/mol. The minimum atomic E-state index is -4.97. The highest BCUT2D eigenvalue weighted by Crippen LogP contribution is 2.44. The second-order valence-corrected chi connectivity index (χ2v) is 9.50. The molecule has 1 amide bonds. The highest BCUT2D eigenvalue weighted by Gasteiger charge is 2.29. The minimum absolute atomic E-state index is 0.0403. The Morgan fingerprint density at radius 1 is 0.970 bits per heavy atom. The van der Waals surface area contributed by atoms with Gasteiger partial charge in [0.25, 0.3) is 0 Å². The summed E-state index contributed by atoms with van der Waals surface area (Å²) in [6, 6.07) is 16.0. The predicted molar refractivity (Wildman–Crippen MR) is 125 cm³/mol. The van der Waals surface area contributed by atoms with Crippen LogP contribution in [-0.2, 0) is 21.5 Å². The molecule has 8 heteroatoms. The quantitative estimate of drug-likeness (QED) is 0.410. The normalized spacial score (nSPS) is 12.8. The fraction of sp³-hybridized carbons (Fsp3) is 0.240. The molecule has 0 spiro atoms. The maximum Gasteiger partial charge on any atom is 0.407 e. The molecule has 3 N–H and O–H groups in total. The van der Waals surface area contributed by atoms with Crippen molar-refractivity contribution in [3.63, 3.8) is 0 Å². The van der Waals surface area contributed by atoms with Crippen molar-refractivity contribution in [3.8, 4) is 11.1 Å². The van der Waals surface area contributed by atoms with Crippen molar-refractivity contribution in [3.05, 3.63) is 81.9 Å². The zero-order valence-electron chi connectivity index (χ0n) is 18.6. The molecular formula is C25H25FN2O4S. The Labute approximate surface area is 192 Å². The lowest BCUT2D eigenvalue weighted by atomic mass is 9.97. The summed E-state index contributed by atoms with van der Waals surface area (Å²) < 4.78 is 42.7. The zero-order chi connectivity index (χ0) is 23.9. The fourth-order valence-corrected chi connectivity index (χ4v) is 5.67. The molecule has 0 saturated carbocycles. The summed E-state index contributed by atoms with van der Waals surface area (Å²) in [6.45, 7) is 4.78. The van der Waals surface area contributed by atoms with E-state index in [1.54, 1.807) is 6.92 Å². The number of carbonyl (C=O) groups is 1. The van der Waals surface area contributed by atoms with Gasteiger partial charge in [0.05, 0.1) is 0 Å². The Morgan fingerprint density at radius 2 is 1.52 bits per heavy atom. The van der Waals surface area contributed by atoms with E-state index >= 15 is 0 Å². The number of fused-ring (bicyclic) bond motifs is 3. The van der Waals surface area contributed by atoms with Crippen LogP contribution in [0.15, 0.2) is 53.4 Å². The number of hydrogen-bond acceptors (Lipinski definition) is 5. The summed E-state index contributed by atoms with van der Waals surface area (Å²) in [5.74, 6) is -0.0788. The van der Waals surface area contributed by atoms with Crippen LogP contribution < -0.4 is 11.1 Å². The Hall–Kier alpha value is -3.39. The van der Waals surface area contributed by atoms with Gasteiger partial charge in [-0.15, -0.1) is 3.89 Å². The summed E-state index contributed by atoms with van der Waals surface area (Å²) in [6.07, 6.45) is -0.653. The van der Waals surface area contributed by atoms with Crippen LogP contribution in [0.5, 0.6) is 0 Å². The van der Waals surface area contributed by atoms with Gasteiger partial charge in [-0.05, 0) is 65.3 Å². The Kier molecular flexibility index (Phi) is 5.88. The molecule has 0 aromatic heterocycles. The van der Waals surface area contributed by atoms with Crippen molar-refractivity contribution in [1.29, 1.82) is 0 Å². The molecule has 3 aromatic rings. The first-order valence-corrected chi connectivity index (χ1v) is 11.9. The lowest BCUT2D eigenvalue weighted by Gasteiger charge is -2.19. The van der Waals surface area contributed by atoms with Crippen molar-refractivity contribution in [2.24, 2.45) is 0 Å². The molecule has 0 aliphatic heterocycles. The summed E-state index contributed by atoms with van der Waals surface area (Å²) >= 11 is 0. The second kappa shape index (κ2) is 8.51. The summed E-state index contributed by atoms with van der Waals surface area (Å²) in [4.78, 5) is 12.0. The van der Waals surface area contributed by atoms with E-state index in [2.05, 4.69) is 17.4 Å². The number of nitrogens with one attached hydrogen (secondary N) is 1. The smallest absolute Gasteiger partial charge is 0.407 e. The van der Waals surface area contributed by atoms with E-state index in [1.165, 1.54) is 13.8 Å². The molecule has 172 valence electrons. The van der Waals surface area contributed by atoms with Gasteiger partial charge in [0.2, 0.25) is 0 Å². The molecule has 0 bridgehead atoms. The lowest BCUT2D eigenvalue weighted by Crippen LogP contribution is -2.27. The van der Waals surface area contributed by atoms with Crippen LogP contribution in [0.2, 0.25) is 0 Å². The van der Waals surface area contributed by atoms with Crippen LogP contribution in [0, 0.1) is 20.8 Å². The number of nitrogen functional groups attached to an aromatic ring is 1. The molecule has 1 aliphatic rings. The topological polar surface area (TPSA) is 98.5 Å². The predicted octanol–water partition coefficient (Wildman–Crippen LogP) is 4.89. The number of ether oxygens (including phenoxy) is 1. The van der Waals surface area contributed by atoms with E-state index in [9.17, 15) is 17.1 Å². The van der Waals surface area contributed by atoms with Crippen LogP contribution in [0.4, 0.5) is 14.4 Å². The van der Waals surface area contributed by atoms with Gasteiger partial charge in [-0.25, -0.2) is 4.79 Å². The number of rotatable bonds is 5. The minimum Gasteiger partial charge on any atom is -0.449 e. The Morgan fingerprint density at radius 3 is 2.06 bits per heavy atom. The molecule has 0 unspecified atom stereocenters. The van der Waals surface area contributed by atoms with Crippen LogP contribution in [-0.4, -0.2) is 21.1 Å². The standard InChI is InChI=1S/C25H25FN2O4S/c1-14-21(15(2)24(33(26,30)31)16(3)23(14)27)12-28-25(29)32-13-22-19-10-6-4-8-17(19)18-9-5-7-11-20(18)22/h4-11,22H,12-13,27H2,1-3H3,(H,28,29). The van der Waals surface area contributed by atoms with Crippen molar-refractivity contribution in [1.82, 2.24) is 5.32 Å². The van der Waals surface area contributed by atoms with E-state index in [0.717, 1.165) is 22.3 Å². The number of amides is 1. The first kappa shape index (κ1) is 22.8. The highest BCUT2D eigenvalue weighted by atomic mass is 32.3. The molecule has 0 fully saturated rings. The maximum absolute atomic E-state index is 13.9. The van der Waals surface area contributed by atoms with Crippen molar-refractivity contribution in [2.45, 2.75) is 38.1 Å². The maximum atomic E-state index is 13.9. The Balaban J connectivity index is 1.50. The Bertz CT molecular complexity index is 1320. The largest absolute Gasteiger partial charge is 0.449 e. The van der Waals surface area contributed by atoms with Crippen LogP contribution in [0.25, 0.3) is 11.1 Å². The molecule has 1 aliphatic carbocycles. The summed E-state index contributed by atoms with van der Waals surface area (Å²) in [5, 5.41) is 2.64. The average molecular weight is 469 g/mol. The van der Waals surface area contributed by atoms with E-state index in [1.807, 2.05) is 36.4 Å². The third-order valence-electron chi connectivity index (χ3n) is 6.39. The van der Waals surface area contributed by atoms with E-state index in [0.29, 0.717) is 11.1 Å². The third kappa shape index (κ3) is 4.06. The van der Waals surface area contributed by atoms with Crippen molar-refractivity contribution >= 4 is 22.0 Å². The number of anilines is 1. The van der Waals surface area contributed by atoms with Gasteiger partial charge < -0.3 is 15.8 Å². The van der Waals surface area contributed by atoms with E-state index < -0.39 is 21.2 Å². The van der Waals surface area contributed by atoms with Gasteiger partial charge >= 0.3 is 16.3 Å². The number of hydrogen-bond donors (Lipinski definition) is 2. The molecule has 33 heavy (non-hydrogen) atoms. The molecule has 0 heterocycles. The number of carbonyl (C=O) groups excluding carboxylic acids is 1. The van der Waals surface area contributed by atoms with Crippen LogP contribution in [0.1, 0.15) is 39.3 Å².